The number of nitrogens with zero attached hydrogens (tertiary/aromatic N) is 1. The van der Waals surface area contributed by atoms with Crippen molar-refractivity contribution in [3.8, 4) is 11.1 Å². The van der Waals surface area contributed by atoms with E-state index in [1.165, 1.54) is 4.90 Å². The summed E-state index contributed by atoms with van der Waals surface area (Å²) in [4.78, 5) is 23.8. The van der Waals surface area contributed by atoms with E-state index in [1.54, 1.807) is 7.05 Å². The highest BCUT2D eigenvalue weighted by Gasteiger charge is 2.16. The molecule has 20 heavy (non-hydrogen) atoms. The van der Waals surface area contributed by atoms with Crippen molar-refractivity contribution in [2.75, 3.05) is 7.05 Å². The van der Waals surface area contributed by atoms with Gasteiger partial charge in [0.25, 0.3) is 0 Å². The lowest BCUT2D eigenvalue weighted by Gasteiger charge is -2.17. The molecular formula is C16H16N2O2. The van der Waals surface area contributed by atoms with Crippen LogP contribution in [0.4, 0.5) is 0 Å². The Hall–Kier alpha value is -2.62. The van der Waals surface area contributed by atoms with Crippen LogP contribution in [-0.2, 0) is 16.1 Å². The van der Waals surface area contributed by atoms with Gasteiger partial charge in [-0.15, -0.1) is 0 Å². The molecule has 0 heterocycles. The zero-order valence-corrected chi connectivity index (χ0v) is 11.2. The minimum absolute atomic E-state index is 0.340. The molecule has 2 rings (SSSR count). The van der Waals surface area contributed by atoms with Gasteiger partial charge in [-0.3, -0.25) is 9.59 Å². The van der Waals surface area contributed by atoms with Crippen molar-refractivity contribution in [1.29, 1.82) is 0 Å². The lowest BCUT2D eigenvalue weighted by atomic mass is 9.99. The number of hydrogen-bond donors (Lipinski definition) is 1. The van der Waals surface area contributed by atoms with Crippen molar-refractivity contribution < 1.29 is 9.59 Å². The molecule has 4 heteroatoms. The first kappa shape index (κ1) is 13.8. The molecule has 0 aliphatic heterocycles. The van der Waals surface area contributed by atoms with Crippen LogP contribution in [0.3, 0.4) is 0 Å². The molecule has 102 valence electrons. The Morgan fingerprint density at radius 1 is 1.00 bits per heavy atom. The predicted molar refractivity (Wildman–Crippen MR) is 77.5 cm³/mol. The molecular weight excluding hydrogens is 252 g/mol. The first-order valence-electron chi connectivity index (χ1n) is 6.28. The van der Waals surface area contributed by atoms with E-state index < -0.39 is 11.8 Å². The molecule has 2 amide bonds. The average molecular weight is 268 g/mol. The maximum atomic E-state index is 11.5. The summed E-state index contributed by atoms with van der Waals surface area (Å²) in [6.07, 6.45) is 0. The van der Waals surface area contributed by atoms with Gasteiger partial charge in [-0.05, 0) is 16.7 Å². The first-order valence-corrected chi connectivity index (χ1v) is 6.28. The minimum Gasteiger partial charge on any atom is -0.361 e. The van der Waals surface area contributed by atoms with E-state index in [9.17, 15) is 9.59 Å². The summed E-state index contributed by atoms with van der Waals surface area (Å²) in [5.41, 5.74) is 8.09. The van der Waals surface area contributed by atoms with Crippen molar-refractivity contribution in [1.82, 2.24) is 4.90 Å². The molecule has 0 saturated heterocycles. The third-order valence-corrected chi connectivity index (χ3v) is 3.07. The van der Waals surface area contributed by atoms with Crippen molar-refractivity contribution >= 4 is 11.8 Å². The number of primary amides is 1. The minimum atomic E-state index is -0.940. The Labute approximate surface area is 117 Å². The van der Waals surface area contributed by atoms with Crippen LogP contribution in [0.2, 0.25) is 0 Å². The van der Waals surface area contributed by atoms with Gasteiger partial charge in [0.05, 0.1) is 0 Å². The summed E-state index contributed by atoms with van der Waals surface area (Å²) in [5.74, 6) is -1.63. The van der Waals surface area contributed by atoms with Gasteiger partial charge in [-0.1, -0.05) is 54.6 Å². The number of hydrogen-bond acceptors (Lipinski definition) is 2. The fourth-order valence-corrected chi connectivity index (χ4v) is 2.07. The number of likely N-dealkylation sites (N-methyl/N-ethyl adjacent to an activating group) is 1. The SMILES string of the molecule is CN(Cc1ccccc1-c1ccccc1)C(=O)C(N)=O. The highest BCUT2D eigenvalue weighted by molar-refractivity contribution is 6.34. The number of carbonyl (C=O) groups excluding carboxylic acids is 2. The van der Waals surface area contributed by atoms with Crippen molar-refractivity contribution in [3.05, 3.63) is 60.2 Å². The van der Waals surface area contributed by atoms with Crippen LogP contribution in [-0.4, -0.2) is 23.8 Å². The van der Waals surface area contributed by atoms with Crippen LogP contribution in [0.1, 0.15) is 5.56 Å². The summed E-state index contributed by atoms with van der Waals surface area (Å²) in [6, 6.07) is 17.7. The smallest absolute Gasteiger partial charge is 0.311 e. The molecule has 0 aliphatic carbocycles. The van der Waals surface area contributed by atoms with Gasteiger partial charge in [0, 0.05) is 13.6 Å². The molecule has 0 aliphatic rings. The monoisotopic (exact) mass is 268 g/mol. The van der Waals surface area contributed by atoms with E-state index in [1.807, 2.05) is 54.6 Å². The van der Waals surface area contributed by atoms with Crippen LogP contribution in [0.25, 0.3) is 11.1 Å². The summed E-state index contributed by atoms with van der Waals surface area (Å²) < 4.78 is 0. The lowest BCUT2D eigenvalue weighted by Crippen LogP contribution is -2.37. The van der Waals surface area contributed by atoms with E-state index in [4.69, 9.17) is 5.73 Å². The van der Waals surface area contributed by atoms with Gasteiger partial charge >= 0.3 is 11.8 Å². The number of rotatable bonds is 3. The van der Waals surface area contributed by atoms with Crippen molar-refractivity contribution in [3.63, 3.8) is 0 Å². The molecule has 0 fully saturated rings. The highest BCUT2D eigenvalue weighted by atomic mass is 16.2. The molecule has 0 radical (unpaired) electrons. The zero-order valence-electron chi connectivity index (χ0n) is 11.2. The fraction of sp³-hybridized carbons (Fsp3) is 0.125. The second-order valence-corrected chi connectivity index (χ2v) is 4.55. The molecule has 0 atom stereocenters. The van der Waals surface area contributed by atoms with Crippen LogP contribution in [0, 0.1) is 0 Å². The van der Waals surface area contributed by atoms with Gasteiger partial charge in [-0.25, -0.2) is 0 Å². The molecule has 0 aromatic heterocycles. The van der Waals surface area contributed by atoms with E-state index in [0.717, 1.165) is 16.7 Å². The van der Waals surface area contributed by atoms with Crippen LogP contribution < -0.4 is 5.73 Å². The second-order valence-electron chi connectivity index (χ2n) is 4.55. The number of benzene rings is 2. The summed E-state index contributed by atoms with van der Waals surface area (Å²) in [5, 5.41) is 0. The maximum absolute atomic E-state index is 11.5. The topological polar surface area (TPSA) is 63.4 Å². The molecule has 0 saturated carbocycles. The molecule has 4 nitrogen and oxygen atoms in total. The summed E-state index contributed by atoms with van der Waals surface area (Å²) in [6.45, 7) is 0.340. The lowest BCUT2D eigenvalue weighted by molar-refractivity contribution is -0.143. The van der Waals surface area contributed by atoms with Crippen molar-refractivity contribution in [2.24, 2.45) is 5.73 Å². The van der Waals surface area contributed by atoms with E-state index in [-0.39, 0.29) is 0 Å². The average Bonchev–Trinajstić information content (AvgIpc) is 2.47. The quantitative estimate of drug-likeness (QED) is 0.863. The molecule has 2 aromatic carbocycles. The standard InChI is InChI=1S/C16H16N2O2/c1-18(16(20)15(17)19)11-13-9-5-6-10-14(13)12-7-3-2-4-8-12/h2-10H,11H2,1H3,(H2,17,19). The van der Waals surface area contributed by atoms with Crippen LogP contribution in [0.15, 0.2) is 54.6 Å². The van der Waals surface area contributed by atoms with Gasteiger partial charge in [0.1, 0.15) is 0 Å². The molecule has 0 bridgehead atoms. The molecule has 0 unspecified atom stereocenters. The van der Waals surface area contributed by atoms with Crippen LogP contribution >= 0.6 is 0 Å². The second kappa shape index (κ2) is 6.02. The van der Waals surface area contributed by atoms with Crippen molar-refractivity contribution in [2.45, 2.75) is 6.54 Å². The molecule has 2 N–H and O–H groups in total. The Kier molecular flexibility index (Phi) is 4.15. The Morgan fingerprint density at radius 3 is 2.25 bits per heavy atom. The highest BCUT2D eigenvalue weighted by Crippen LogP contribution is 2.24. The Balaban J connectivity index is 2.30. The molecule has 0 spiro atoms. The van der Waals surface area contributed by atoms with Gasteiger partial charge in [0.15, 0.2) is 0 Å². The van der Waals surface area contributed by atoms with E-state index in [0.29, 0.717) is 6.54 Å². The predicted octanol–water partition coefficient (Wildman–Crippen LogP) is 1.80. The van der Waals surface area contributed by atoms with E-state index >= 15 is 0 Å². The van der Waals surface area contributed by atoms with Gasteiger partial charge in [-0.2, -0.15) is 0 Å². The summed E-state index contributed by atoms with van der Waals surface area (Å²) >= 11 is 0. The molecule has 2 aromatic rings. The normalized spacial score (nSPS) is 10.1. The van der Waals surface area contributed by atoms with Gasteiger partial charge < -0.3 is 10.6 Å². The van der Waals surface area contributed by atoms with Crippen LogP contribution in [0.5, 0.6) is 0 Å². The fourth-order valence-electron chi connectivity index (χ4n) is 2.07. The Morgan fingerprint density at radius 2 is 1.60 bits per heavy atom. The van der Waals surface area contributed by atoms with E-state index in [2.05, 4.69) is 0 Å². The van der Waals surface area contributed by atoms with Gasteiger partial charge in [0.2, 0.25) is 0 Å². The number of nitrogens with two attached hydrogens (primary N) is 1. The number of amides is 2. The third-order valence-electron chi connectivity index (χ3n) is 3.07. The number of carbonyl (C=O) groups is 2. The Bertz CT molecular complexity index is 623. The largest absolute Gasteiger partial charge is 0.361 e. The zero-order chi connectivity index (χ0) is 14.5. The summed E-state index contributed by atoms with van der Waals surface area (Å²) in [7, 11) is 1.56. The maximum Gasteiger partial charge on any atom is 0.311 e. The first-order chi connectivity index (χ1) is 9.59. The third kappa shape index (κ3) is 3.03.